The highest BCUT2D eigenvalue weighted by atomic mass is 35.5. The van der Waals surface area contributed by atoms with Gasteiger partial charge in [-0.2, -0.15) is 0 Å². The average molecular weight is 548 g/mol. The Kier molecular flexibility index (Phi) is 7.06. The average Bonchev–Trinajstić information content (AvgIpc) is 3.60. The third-order valence-electron chi connectivity index (χ3n) is 7.27. The van der Waals surface area contributed by atoms with Gasteiger partial charge in [-0.15, -0.1) is 5.10 Å². The maximum atomic E-state index is 13.4. The van der Waals surface area contributed by atoms with Crippen molar-refractivity contribution in [1.82, 2.24) is 19.9 Å². The van der Waals surface area contributed by atoms with E-state index < -0.39 is 6.09 Å². The first-order valence-corrected chi connectivity index (χ1v) is 13.3. The lowest BCUT2D eigenvalue weighted by Crippen LogP contribution is -2.50. The van der Waals surface area contributed by atoms with Gasteiger partial charge in [-0.05, 0) is 72.1 Å². The molecule has 200 valence electrons. The smallest absolute Gasteiger partial charge is 0.415 e. The molecule has 3 aromatic carbocycles. The quantitative estimate of drug-likeness (QED) is 0.283. The van der Waals surface area contributed by atoms with Crippen LogP contribution < -0.4 is 14.8 Å². The zero-order valence-electron chi connectivity index (χ0n) is 21.0. The molecule has 8 nitrogen and oxygen atoms in total. The number of ether oxygens (including phenoxy) is 2. The molecule has 10 heteroatoms. The molecule has 2 aliphatic heterocycles. The summed E-state index contributed by atoms with van der Waals surface area (Å²) in [6.07, 6.45) is 4.55. The Balaban J connectivity index is 1.21. The number of hydrogen-bond acceptors (Lipinski definition) is 6. The SMILES string of the molecule is O=C(Oc1ccc(F)cc1)N1CCC2c3cc(Cl)ccc3NC2C1c1ccc(OCCCn2ccnn2)cc1. The van der Waals surface area contributed by atoms with E-state index in [4.69, 9.17) is 21.1 Å². The van der Waals surface area contributed by atoms with Crippen molar-refractivity contribution >= 4 is 23.4 Å². The number of benzene rings is 3. The third kappa shape index (κ3) is 5.40. The second kappa shape index (κ2) is 10.9. The monoisotopic (exact) mass is 547 g/mol. The van der Waals surface area contributed by atoms with Crippen LogP contribution in [0.5, 0.6) is 11.5 Å². The molecule has 1 amide bonds. The fourth-order valence-electron chi connectivity index (χ4n) is 5.47. The summed E-state index contributed by atoms with van der Waals surface area (Å²) in [5, 5.41) is 12.1. The summed E-state index contributed by atoms with van der Waals surface area (Å²) >= 11 is 6.33. The summed E-state index contributed by atoms with van der Waals surface area (Å²) in [4.78, 5) is 15.2. The van der Waals surface area contributed by atoms with E-state index in [-0.39, 0.29) is 23.8 Å². The van der Waals surface area contributed by atoms with Crippen LogP contribution in [0.3, 0.4) is 0 Å². The summed E-state index contributed by atoms with van der Waals surface area (Å²) in [5.41, 5.74) is 3.15. The number of amides is 1. The van der Waals surface area contributed by atoms with Gasteiger partial charge in [0.1, 0.15) is 17.3 Å². The van der Waals surface area contributed by atoms with Crippen LogP contribution in [-0.2, 0) is 6.54 Å². The Labute approximate surface area is 230 Å². The van der Waals surface area contributed by atoms with Gasteiger partial charge in [0, 0.05) is 42.3 Å². The molecule has 0 saturated carbocycles. The van der Waals surface area contributed by atoms with Gasteiger partial charge >= 0.3 is 6.09 Å². The number of aryl methyl sites for hydroxylation is 1. The lowest BCUT2D eigenvalue weighted by Gasteiger charge is -2.42. The van der Waals surface area contributed by atoms with Gasteiger partial charge in [-0.1, -0.05) is 28.9 Å². The number of likely N-dealkylation sites (tertiary alicyclic amines) is 1. The van der Waals surface area contributed by atoms with Gasteiger partial charge in [-0.3, -0.25) is 9.58 Å². The highest BCUT2D eigenvalue weighted by Gasteiger charge is 2.46. The maximum absolute atomic E-state index is 13.4. The van der Waals surface area contributed by atoms with Crippen molar-refractivity contribution in [1.29, 1.82) is 0 Å². The molecule has 1 saturated heterocycles. The number of nitrogens with zero attached hydrogens (tertiary/aromatic N) is 4. The second-order valence-electron chi connectivity index (χ2n) is 9.69. The molecular weight excluding hydrogens is 521 g/mol. The van der Waals surface area contributed by atoms with Crippen LogP contribution in [-0.4, -0.2) is 45.2 Å². The summed E-state index contributed by atoms with van der Waals surface area (Å²) < 4.78 is 26.7. The van der Waals surface area contributed by atoms with Crippen LogP contribution in [0.4, 0.5) is 14.9 Å². The highest BCUT2D eigenvalue weighted by Crippen LogP contribution is 2.48. The number of rotatable bonds is 7. The minimum atomic E-state index is -0.478. The van der Waals surface area contributed by atoms with Gasteiger partial charge in [0.15, 0.2) is 0 Å². The molecule has 0 spiro atoms. The number of halogens is 2. The lowest BCUT2D eigenvalue weighted by atomic mass is 9.81. The lowest BCUT2D eigenvalue weighted by molar-refractivity contribution is 0.102. The number of carbonyl (C=O) groups is 1. The van der Waals surface area contributed by atoms with Crippen molar-refractivity contribution in [2.75, 3.05) is 18.5 Å². The van der Waals surface area contributed by atoms with E-state index >= 15 is 0 Å². The van der Waals surface area contributed by atoms with Gasteiger partial charge < -0.3 is 14.8 Å². The molecule has 1 N–H and O–H groups in total. The molecule has 1 aromatic heterocycles. The number of piperidine rings is 1. The first-order valence-electron chi connectivity index (χ1n) is 12.9. The van der Waals surface area contributed by atoms with E-state index in [1.807, 2.05) is 48.7 Å². The summed E-state index contributed by atoms with van der Waals surface area (Å²) in [7, 11) is 0. The van der Waals surface area contributed by atoms with Crippen LogP contribution in [0.15, 0.2) is 79.1 Å². The van der Waals surface area contributed by atoms with E-state index in [9.17, 15) is 9.18 Å². The Bertz CT molecular complexity index is 1430. The molecule has 0 bridgehead atoms. The summed E-state index contributed by atoms with van der Waals surface area (Å²) in [6, 6.07) is 18.8. The van der Waals surface area contributed by atoms with Gasteiger partial charge in [0.25, 0.3) is 0 Å². The molecule has 3 atom stereocenters. The van der Waals surface area contributed by atoms with E-state index in [1.165, 1.54) is 24.3 Å². The van der Waals surface area contributed by atoms with Crippen LogP contribution in [0.1, 0.15) is 35.9 Å². The number of carbonyl (C=O) groups excluding carboxylic acids is 1. The second-order valence-corrected chi connectivity index (χ2v) is 10.1. The largest absolute Gasteiger partial charge is 0.494 e. The van der Waals surface area contributed by atoms with Crippen molar-refractivity contribution in [3.63, 3.8) is 0 Å². The predicted octanol–water partition coefficient (Wildman–Crippen LogP) is 6.06. The minimum Gasteiger partial charge on any atom is -0.494 e. The summed E-state index contributed by atoms with van der Waals surface area (Å²) in [6.45, 7) is 1.77. The molecule has 3 unspecified atom stereocenters. The summed E-state index contributed by atoms with van der Waals surface area (Å²) in [5.74, 6) is 0.845. The van der Waals surface area contributed by atoms with Crippen LogP contribution in [0.2, 0.25) is 5.02 Å². The standard InChI is InChI=1S/C29H27ClFN5O3/c30-20-4-11-26-25(18-20)24-12-15-36(29(37)39-23-9-5-21(31)6-10-23)28(27(24)33-26)19-2-7-22(8-3-19)38-17-1-14-35-16-13-32-34-35/h2-11,13,16,18,24,27-28,33H,1,12,14-15,17H2. The molecular formula is C29H27ClFN5O3. The molecule has 1 fully saturated rings. The zero-order chi connectivity index (χ0) is 26.8. The van der Waals surface area contributed by atoms with Crippen LogP contribution in [0.25, 0.3) is 0 Å². The normalized spacial score (nSPS) is 19.6. The maximum Gasteiger partial charge on any atom is 0.415 e. The predicted molar refractivity (Wildman–Crippen MR) is 145 cm³/mol. The van der Waals surface area contributed by atoms with E-state index in [0.717, 1.165) is 42.0 Å². The first-order chi connectivity index (χ1) is 19.0. The highest BCUT2D eigenvalue weighted by molar-refractivity contribution is 6.30. The van der Waals surface area contributed by atoms with Crippen LogP contribution >= 0.6 is 11.6 Å². The fourth-order valence-corrected chi connectivity index (χ4v) is 5.66. The molecule has 39 heavy (non-hydrogen) atoms. The molecule has 6 rings (SSSR count). The van der Waals surface area contributed by atoms with Crippen molar-refractivity contribution in [3.8, 4) is 11.5 Å². The molecule has 0 aliphatic carbocycles. The minimum absolute atomic E-state index is 0.0672. The van der Waals surface area contributed by atoms with Crippen molar-refractivity contribution in [2.24, 2.45) is 0 Å². The van der Waals surface area contributed by atoms with Gasteiger partial charge in [0.2, 0.25) is 0 Å². The number of aromatic nitrogens is 3. The van der Waals surface area contributed by atoms with Gasteiger partial charge in [-0.25, -0.2) is 9.18 Å². The van der Waals surface area contributed by atoms with E-state index in [1.54, 1.807) is 15.8 Å². The van der Waals surface area contributed by atoms with Crippen molar-refractivity contribution in [2.45, 2.75) is 37.4 Å². The Morgan fingerprint density at radius 1 is 1.08 bits per heavy atom. The fraction of sp³-hybridized carbons (Fsp3) is 0.276. The molecule has 3 heterocycles. The topological polar surface area (TPSA) is 81.5 Å². The zero-order valence-corrected chi connectivity index (χ0v) is 21.8. The number of anilines is 1. The molecule has 2 aliphatic rings. The molecule has 4 aromatic rings. The molecule has 0 radical (unpaired) electrons. The first kappa shape index (κ1) is 25.2. The van der Waals surface area contributed by atoms with Gasteiger partial charge in [0.05, 0.1) is 24.9 Å². The Hall–Kier alpha value is -4.11. The van der Waals surface area contributed by atoms with Crippen molar-refractivity contribution in [3.05, 3.63) is 101 Å². The van der Waals surface area contributed by atoms with Crippen molar-refractivity contribution < 1.29 is 18.7 Å². The van der Waals surface area contributed by atoms with E-state index in [2.05, 4.69) is 15.6 Å². The number of nitrogens with one attached hydrogen (secondary N) is 1. The number of hydrogen-bond donors (Lipinski definition) is 1. The Morgan fingerprint density at radius 2 is 1.87 bits per heavy atom. The Morgan fingerprint density at radius 3 is 2.64 bits per heavy atom. The number of fused-ring (bicyclic) bond motifs is 3. The van der Waals surface area contributed by atoms with E-state index in [0.29, 0.717) is 23.9 Å². The van der Waals surface area contributed by atoms with Crippen LogP contribution in [0, 0.1) is 5.82 Å². The third-order valence-corrected chi connectivity index (χ3v) is 7.51.